The first-order chi connectivity index (χ1) is 14.4. The van der Waals surface area contributed by atoms with Crippen LogP contribution in [-0.2, 0) is 23.0 Å². The Morgan fingerprint density at radius 2 is 1.97 bits per heavy atom. The van der Waals surface area contributed by atoms with Gasteiger partial charge in [-0.2, -0.15) is 4.31 Å². The number of rotatable bonds is 7. The summed E-state index contributed by atoms with van der Waals surface area (Å²) >= 11 is 0. The summed E-state index contributed by atoms with van der Waals surface area (Å²) in [5.41, 5.74) is 3.22. The van der Waals surface area contributed by atoms with Gasteiger partial charge in [0.2, 0.25) is 16.0 Å². The number of anilines is 3. The van der Waals surface area contributed by atoms with E-state index in [-0.39, 0.29) is 6.61 Å². The number of nitrogens with zero attached hydrogens (tertiary/aromatic N) is 3. The molecule has 2 aromatic heterocycles. The van der Waals surface area contributed by atoms with E-state index in [1.165, 1.54) is 10.6 Å². The Kier molecular flexibility index (Phi) is 5.71. The van der Waals surface area contributed by atoms with E-state index in [0.717, 1.165) is 22.7 Å². The topological polar surface area (TPSA) is 121 Å². The summed E-state index contributed by atoms with van der Waals surface area (Å²) in [7, 11) is -3.23. The third-order valence-corrected chi connectivity index (χ3v) is 6.04. The molecule has 0 bridgehead atoms. The fourth-order valence-corrected chi connectivity index (χ4v) is 4.07. The standard InChI is InChI=1S/C20H23N5O4S/c1-30(27,28)25-10-7-18-14(13-25)12-19(29-18)17-6-8-22-20(24-17)23-16-4-2-15(3-5-16)21-9-11-26/h2-6,8,12,21,26H,7,9-11,13H2,1H3,(H,22,23,24). The van der Waals surface area contributed by atoms with Gasteiger partial charge in [-0.05, 0) is 36.4 Å². The number of benzene rings is 1. The second-order valence-corrected chi connectivity index (χ2v) is 9.01. The van der Waals surface area contributed by atoms with Gasteiger partial charge in [0.1, 0.15) is 11.5 Å². The van der Waals surface area contributed by atoms with Gasteiger partial charge in [-0.3, -0.25) is 0 Å². The summed E-state index contributed by atoms with van der Waals surface area (Å²) < 4.78 is 31.0. The van der Waals surface area contributed by atoms with E-state index in [2.05, 4.69) is 20.6 Å². The van der Waals surface area contributed by atoms with Gasteiger partial charge in [0.05, 0.1) is 12.9 Å². The Balaban J connectivity index is 1.50. The van der Waals surface area contributed by atoms with Gasteiger partial charge < -0.3 is 20.2 Å². The number of sulfonamides is 1. The van der Waals surface area contributed by atoms with Crippen LogP contribution in [0.1, 0.15) is 11.3 Å². The van der Waals surface area contributed by atoms with Crippen LogP contribution in [0.5, 0.6) is 0 Å². The van der Waals surface area contributed by atoms with Crippen molar-refractivity contribution in [1.82, 2.24) is 14.3 Å². The normalized spacial score (nSPS) is 14.3. The van der Waals surface area contributed by atoms with E-state index in [0.29, 0.717) is 43.5 Å². The predicted molar refractivity (Wildman–Crippen MR) is 114 cm³/mol. The molecule has 0 atom stereocenters. The third-order valence-electron chi connectivity index (χ3n) is 4.79. The van der Waals surface area contributed by atoms with Crippen LogP contribution in [0.3, 0.4) is 0 Å². The van der Waals surface area contributed by atoms with Crippen molar-refractivity contribution in [3.8, 4) is 11.5 Å². The van der Waals surface area contributed by atoms with Crippen molar-refractivity contribution in [2.24, 2.45) is 0 Å². The maximum Gasteiger partial charge on any atom is 0.227 e. The zero-order valence-corrected chi connectivity index (χ0v) is 17.3. The van der Waals surface area contributed by atoms with Gasteiger partial charge in [-0.25, -0.2) is 18.4 Å². The van der Waals surface area contributed by atoms with Crippen molar-refractivity contribution in [3.05, 3.63) is 53.9 Å². The highest BCUT2D eigenvalue weighted by Gasteiger charge is 2.26. The summed E-state index contributed by atoms with van der Waals surface area (Å²) in [5, 5.41) is 15.1. The van der Waals surface area contributed by atoms with Crippen LogP contribution in [0.4, 0.5) is 17.3 Å². The Morgan fingerprint density at radius 3 is 2.70 bits per heavy atom. The van der Waals surface area contributed by atoms with Crippen LogP contribution in [0.2, 0.25) is 0 Å². The molecule has 1 aromatic carbocycles. The maximum atomic E-state index is 11.8. The zero-order valence-electron chi connectivity index (χ0n) is 16.5. The van der Waals surface area contributed by atoms with E-state index in [4.69, 9.17) is 9.52 Å². The van der Waals surface area contributed by atoms with E-state index in [9.17, 15) is 8.42 Å². The van der Waals surface area contributed by atoms with Gasteiger partial charge in [-0.1, -0.05) is 0 Å². The molecule has 3 aromatic rings. The first-order valence-corrected chi connectivity index (χ1v) is 11.4. The Bertz CT molecular complexity index is 1130. The van der Waals surface area contributed by atoms with Gasteiger partial charge in [0.25, 0.3) is 0 Å². The highest BCUT2D eigenvalue weighted by Crippen LogP contribution is 2.30. The van der Waals surface area contributed by atoms with Gasteiger partial charge in [0, 0.05) is 49.2 Å². The molecule has 0 radical (unpaired) electrons. The molecule has 9 nitrogen and oxygen atoms in total. The Morgan fingerprint density at radius 1 is 1.20 bits per heavy atom. The third kappa shape index (κ3) is 4.61. The lowest BCUT2D eigenvalue weighted by atomic mass is 10.1. The van der Waals surface area contributed by atoms with Crippen molar-refractivity contribution >= 4 is 27.3 Å². The first kappa shape index (κ1) is 20.3. The molecule has 1 aliphatic heterocycles. The van der Waals surface area contributed by atoms with Crippen LogP contribution < -0.4 is 10.6 Å². The molecule has 0 unspecified atom stereocenters. The minimum Gasteiger partial charge on any atom is -0.459 e. The number of nitrogens with one attached hydrogen (secondary N) is 2. The van der Waals surface area contributed by atoms with Gasteiger partial charge in [-0.15, -0.1) is 0 Å². The van der Waals surface area contributed by atoms with E-state index < -0.39 is 10.0 Å². The molecule has 0 fully saturated rings. The summed E-state index contributed by atoms with van der Waals surface area (Å²) in [5.74, 6) is 1.81. The fourth-order valence-electron chi connectivity index (χ4n) is 3.27. The minimum absolute atomic E-state index is 0.0725. The summed E-state index contributed by atoms with van der Waals surface area (Å²) in [6, 6.07) is 11.2. The smallest absolute Gasteiger partial charge is 0.227 e. The van der Waals surface area contributed by atoms with Crippen molar-refractivity contribution in [2.45, 2.75) is 13.0 Å². The second-order valence-electron chi connectivity index (χ2n) is 7.02. The number of aromatic nitrogens is 2. The molecule has 0 amide bonds. The van der Waals surface area contributed by atoms with Crippen molar-refractivity contribution in [2.75, 3.05) is 36.6 Å². The lowest BCUT2D eigenvalue weighted by molar-refractivity contribution is 0.311. The summed E-state index contributed by atoms with van der Waals surface area (Å²) in [6.07, 6.45) is 3.40. The Labute approximate surface area is 174 Å². The summed E-state index contributed by atoms with van der Waals surface area (Å²) in [4.78, 5) is 8.78. The molecule has 10 heteroatoms. The first-order valence-electron chi connectivity index (χ1n) is 9.54. The predicted octanol–water partition coefficient (Wildman–Crippen LogP) is 2.20. The minimum atomic E-state index is -3.23. The quantitative estimate of drug-likeness (QED) is 0.523. The molecule has 0 spiro atoms. The zero-order chi connectivity index (χ0) is 21.1. The van der Waals surface area contributed by atoms with Crippen LogP contribution in [0.15, 0.2) is 47.0 Å². The highest BCUT2D eigenvalue weighted by molar-refractivity contribution is 7.88. The average molecular weight is 430 g/mol. The number of furan rings is 1. The van der Waals surface area contributed by atoms with Gasteiger partial charge in [0.15, 0.2) is 5.76 Å². The maximum absolute atomic E-state index is 11.8. The molecule has 3 heterocycles. The highest BCUT2D eigenvalue weighted by atomic mass is 32.2. The van der Waals surface area contributed by atoms with Crippen LogP contribution in [-0.4, -0.2) is 53.7 Å². The molecule has 158 valence electrons. The number of fused-ring (bicyclic) bond motifs is 1. The van der Waals surface area contributed by atoms with Crippen molar-refractivity contribution in [3.63, 3.8) is 0 Å². The van der Waals surface area contributed by atoms with Crippen molar-refractivity contribution < 1.29 is 17.9 Å². The lowest BCUT2D eigenvalue weighted by Gasteiger charge is -2.23. The largest absolute Gasteiger partial charge is 0.459 e. The van der Waals surface area contributed by atoms with E-state index in [1.54, 1.807) is 12.3 Å². The van der Waals surface area contributed by atoms with E-state index in [1.807, 2.05) is 30.3 Å². The van der Waals surface area contributed by atoms with Crippen LogP contribution in [0.25, 0.3) is 11.5 Å². The molecule has 0 aliphatic carbocycles. The molecule has 0 saturated heterocycles. The van der Waals surface area contributed by atoms with Crippen LogP contribution >= 0.6 is 0 Å². The molecule has 1 aliphatic rings. The molecular formula is C20H23N5O4S. The van der Waals surface area contributed by atoms with Gasteiger partial charge >= 0.3 is 0 Å². The SMILES string of the molecule is CS(=O)(=O)N1CCc2oc(-c3ccnc(Nc4ccc(NCCO)cc4)n3)cc2C1. The molecule has 4 rings (SSSR count). The van der Waals surface area contributed by atoms with Crippen LogP contribution in [0, 0.1) is 0 Å². The molecular weight excluding hydrogens is 406 g/mol. The molecule has 0 saturated carbocycles. The lowest BCUT2D eigenvalue weighted by Crippen LogP contribution is -2.34. The fraction of sp³-hybridized carbons (Fsp3) is 0.300. The monoisotopic (exact) mass is 429 g/mol. The number of hydrogen-bond donors (Lipinski definition) is 3. The number of aliphatic hydroxyl groups is 1. The van der Waals surface area contributed by atoms with Crippen molar-refractivity contribution in [1.29, 1.82) is 0 Å². The molecule has 3 N–H and O–H groups in total. The summed E-state index contributed by atoms with van der Waals surface area (Å²) in [6.45, 7) is 1.29. The Hall–Kier alpha value is -2.95. The average Bonchev–Trinajstić information content (AvgIpc) is 3.16. The van der Waals surface area contributed by atoms with E-state index >= 15 is 0 Å². The second kappa shape index (κ2) is 8.42. The number of hydrogen-bond acceptors (Lipinski definition) is 8. The number of aliphatic hydroxyl groups excluding tert-OH is 1. The molecule has 30 heavy (non-hydrogen) atoms.